The number of hydrogen-bond acceptors (Lipinski definition) is 3. The molecule has 1 aliphatic heterocycles. The highest BCUT2D eigenvalue weighted by Crippen LogP contribution is 2.35. The van der Waals surface area contributed by atoms with E-state index in [0.29, 0.717) is 30.3 Å². The largest absolute Gasteiger partial charge is 0.387 e. The zero-order valence-corrected chi connectivity index (χ0v) is 17.9. The van der Waals surface area contributed by atoms with Gasteiger partial charge in [-0.3, -0.25) is 9.78 Å². The molecule has 162 valence electrons. The van der Waals surface area contributed by atoms with Crippen LogP contribution in [-0.2, 0) is 11.2 Å². The topological polar surface area (TPSA) is 82.5 Å². The number of pyridine rings is 1. The van der Waals surface area contributed by atoms with Crippen LogP contribution in [0.15, 0.2) is 71.9 Å². The van der Waals surface area contributed by atoms with E-state index in [1.54, 1.807) is 6.20 Å². The second kappa shape index (κ2) is 8.93. The first-order valence-electron chi connectivity index (χ1n) is 11.1. The van der Waals surface area contributed by atoms with Crippen molar-refractivity contribution in [2.24, 2.45) is 10.7 Å². The molecule has 3 heterocycles. The third-order valence-electron chi connectivity index (χ3n) is 6.12. The number of aliphatic imine (C=N–C) groups is 1. The molecule has 2 aromatic carbocycles. The predicted molar refractivity (Wildman–Crippen MR) is 127 cm³/mol. The van der Waals surface area contributed by atoms with E-state index in [4.69, 9.17) is 10.5 Å². The van der Waals surface area contributed by atoms with Gasteiger partial charge in [-0.15, -0.1) is 0 Å². The first-order valence-corrected chi connectivity index (χ1v) is 11.1. The van der Waals surface area contributed by atoms with E-state index >= 15 is 0 Å². The number of fused-ring (bicyclic) bond motifs is 3. The van der Waals surface area contributed by atoms with Gasteiger partial charge in [-0.05, 0) is 49.6 Å². The SMILES string of the molecule is NC(CCc1ccccn1)=NC(=O)c1ccc2c3ccccc3n(C3CCOCC3)c2c1. The van der Waals surface area contributed by atoms with Gasteiger partial charge in [-0.1, -0.05) is 30.3 Å². The fourth-order valence-corrected chi connectivity index (χ4v) is 4.52. The average Bonchev–Trinajstić information content (AvgIpc) is 3.17. The van der Waals surface area contributed by atoms with Crippen molar-refractivity contribution in [1.29, 1.82) is 0 Å². The minimum absolute atomic E-state index is 0.311. The van der Waals surface area contributed by atoms with Crippen molar-refractivity contribution < 1.29 is 9.53 Å². The first-order chi connectivity index (χ1) is 15.7. The highest BCUT2D eigenvalue weighted by atomic mass is 16.5. The van der Waals surface area contributed by atoms with Crippen molar-refractivity contribution in [3.8, 4) is 0 Å². The van der Waals surface area contributed by atoms with E-state index in [9.17, 15) is 4.79 Å². The standard InChI is InChI=1S/C26H26N4O2/c27-25(11-9-19-5-3-4-14-28-19)29-26(31)18-8-10-22-21-6-1-2-7-23(21)30(24(22)17-18)20-12-15-32-16-13-20/h1-8,10,14,17,20H,9,11-13,15-16H2,(H2,27,29,31). The van der Waals surface area contributed by atoms with E-state index in [0.717, 1.165) is 42.7 Å². The van der Waals surface area contributed by atoms with Crippen LogP contribution in [0.4, 0.5) is 0 Å². The molecule has 2 aromatic heterocycles. The van der Waals surface area contributed by atoms with Crippen LogP contribution in [0.2, 0.25) is 0 Å². The monoisotopic (exact) mass is 426 g/mol. The molecule has 2 N–H and O–H groups in total. The van der Waals surface area contributed by atoms with Crippen LogP contribution in [0.1, 0.15) is 41.4 Å². The van der Waals surface area contributed by atoms with E-state index in [2.05, 4.69) is 38.8 Å². The Morgan fingerprint density at radius 1 is 1.03 bits per heavy atom. The van der Waals surface area contributed by atoms with Crippen LogP contribution >= 0.6 is 0 Å². The molecule has 0 spiro atoms. The fraction of sp³-hybridized carbons (Fsp3) is 0.269. The van der Waals surface area contributed by atoms with Gasteiger partial charge in [0.2, 0.25) is 0 Å². The highest BCUT2D eigenvalue weighted by molar-refractivity contribution is 6.11. The van der Waals surface area contributed by atoms with Gasteiger partial charge in [0, 0.05) is 59.4 Å². The Hall–Kier alpha value is -3.51. The maximum Gasteiger partial charge on any atom is 0.278 e. The minimum Gasteiger partial charge on any atom is -0.387 e. The zero-order valence-electron chi connectivity index (χ0n) is 17.9. The van der Waals surface area contributed by atoms with E-state index < -0.39 is 0 Å². The molecule has 1 fully saturated rings. The van der Waals surface area contributed by atoms with E-state index in [1.807, 2.05) is 36.4 Å². The summed E-state index contributed by atoms with van der Waals surface area (Å²) in [5.74, 6) is 0.0138. The predicted octanol–water partition coefficient (Wildman–Crippen LogP) is 4.67. The molecule has 0 atom stereocenters. The third-order valence-corrected chi connectivity index (χ3v) is 6.12. The summed E-state index contributed by atoms with van der Waals surface area (Å²) in [6.07, 6.45) is 4.82. The Bertz CT molecular complexity index is 1290. The van der Waals surface area contributed by atoms with Crippen LogP contribution in [0.3, 0.4) is 0 Å². The van der Waals surface area contributed by atoms with E-state index in [-0.39, 0.29) is 5.91 Å². The number of amides is 1. The summed E-state index contributed by atoms with van der Waals surface area (Å²) in [5.41, 5.74) is 9.80. The smallest absolute Gasteiger partial charge is 0.278 e. The van der Waals surface area contributed by atoms with Crippen LogP contribution < -0.4 is 5.73 Å². The van der Waals surface area contributed by atoms with E-state index in [1.165, 1.54) is 10.9 Å². The summed E-state index contributed by atoms with van der Waals surface area (Å²) < 4.78 is 7.95. The van der Waals surface area contributed by atoms with Crippen LogP contribution in [0.25, 0.3) is 21.8 Å². The third kappa shape index (κ3) is 4.01. The van der Waals surface area contributed by atoms with Gasteiger partial charge in [-0.2, -0.15) is 4.99 Å². The molecule has 0 radical (unpaired) electrons. The van der Waals surface area contributed by atoms with Gasteiger partial charge in [0.15, 0.2) is 0 Å². The number of hydrogen-bond donors (Lipinski definition) is 1. The average molecular weight is 427 g/mol. The molecule has 1 aliphatic rings. The zero-order chi connectivity index (χ0) is 21.9. The highest BCUT2D eigenvalue weighted by Gasteiger charge is 2.21. The number of carbonyl (C=O) groups excluding carboxylic acids is 1. The number of carbonyl (C=O) groups is 1. The molecule has 5 rings (SSSR count). The number of ether oxygens (including phenoxy) is 1. The molecular formula is C26H26N4O2. The lowest BCUT2D eigenvalue weighted by atomic mass is 10.1. The molecule has 32 heavy (non-hydrogen) atoms. The van der Waals surface area contributed by atoms with Gasteiger partial charge in [0.25, 0.3) is 5.91 Å². The summed E-state index contributed by atoms with van der Waals surface area (Å²) in [4.78, 5) is 21.4. The molecule has 0 unspecified atom stereocenters. The first kappa shape index (κ1) is 20.4. The molecule has 1 amide bonds. The molecule has 1 saturated heterocycles. The number of amidine groups is 1. The van der Waals surface area contributed by atoms with Crippen molar-refractivity contribution in [2.45, 2.75) is 31.7 Å². The van der Waals surface area contributed by atoms with Crippen LogP contribution in [0.5, 0.6) is 0 Å². The number of aromatic nitrogens is 2. The summed E-state index contributed by atoms with van der Waals surface area (Å²) in [6, 6.07) is 20.4. The Morgan fingerprint density at radius 3 is 2.62 bits per heavy atom. The fourth-order valence-electron chi connectivity index (χ4n) is 4.52. The Balaban J connectivity index is 1.47. The molecular weight excluding hydrogens is 400 g/mol. The number of aryl methyl sites for hydroxylation is 1. The summed E-state index contributed by atoms with van der Waals surface area (Å²) in [7, 11) is 0. The maximum absolute atomic E-state index is 12.9. The number of nitrogens with two attached hydrogens (primary N) is 1. The lowest BCUT2D eigenvalue weighted by Gasteiger charge is -2.25. The molecule has 0 saturated carbocycles. The molecule has 6 nitrogen and oxygen atoms in total. The van der Waals surface area contributed by atoms with Crippen molar-refractivity contribution >= 4 is 33.5 Å². The molecule has 6 heteroatoms. The molecule has 0 bridgehead atoms. The second-order valence-electron chi connectivity index (χ2n) is 8.19. The lowest BCUT2D eigenvalue weighted by molar-refractivity contribution is 0.0717. The molecule has 0 aliphatic carbocycles. The Morgan fingerprint density at radius 2 is 1.81 bits per heavy atom. The summed E-state index contributed by atoms with van der Waals surface area (Å²) in [6.45, 7) is 1.52. The maximum atomic E-state index is 12.9. The number of benzene rings is 2. The Kier molecular flexibility index (Phi) is 5.69. The van der Waals surface area contributed by atoms with Gasteiger partial charge in [-0.25, -0.2) is 0 Å². The molecule has 4 aromatic rings. The van der Waals surface area contributed by atoms with Crippen molar-refractivity contribution in [2.75, 3.05) is 13.2 Å². The summed E-state index contributed by atoms with van der Waals surface area (Å²) in [5, 5.41) is 2.35. The van der Waals surface area contributed by atoms with Crippen molar-refractivity contribution in [1.82, 2.24) is 9.55 Å². The van der Waals surface area contributed by atoms with Crippen molar-refractivity contribution in [3.05, 3.63) is 78.1 Å². The normalized spacial score (nSPS) is 15.4. The Labute approximate surface area is 186 Å². The minimum atomic E-state index is -0.311. The van der Waals surface area contributed by atoms with Gasteiger partial charge in [0.1, 0.15) is 5.84 Å². The van der Waals surface area contributed by atoms with Gasteiger partial charge in [0.05, 0.1) is 5.52 Å². The van der Waals surface area contributed by atoms with Crippen LogP contribution in [0, 0.1) is 0 Å². The number of para-hydroxylation sites is 1. The second-order valence-corrected chi connectivity index (χ2v) is 8.19. The summed E-state index contributed by atoms with van der Waals surface area (Å²) >= 11 is 0. The number of nitrogens with zero attached hydrogens (tertiary/aromatic N) is 3. The lowest BCUT2D eigenvalue weighted by Crippen LogP contribution is -2.19. The van der Waals surface area contributed by atoms with Crippen LogP contribution in [-0.4, -0.2) is 34.5 Å². The van der Waals surface area contributed by atoms with Crippen molar-refractivity contribution in [3.63, 3.8) is 0 Å². The number of rotatable bonds is 5. The van der Waals surface area contributed by atoms with Gasteiger partial charge >= 0.3 is 0 Å². The van der Waals surface area contributed by atoms with Gasteiger partial charge < -0.3 is 15.0 Å². The quantitative estimate of drug-likeness (QED) is 0.371.